The van der Waals surface area contributed by atoms with Crippen LogP contribution in [0.4, 0.5) is 0 Å². The fourth-order valence-corrected chi connectivity index (χ4v) is 2.93. The fourth-order valence-electron chi connectivity index (χ4n) is 1.37. The lowest BCUT2D eigenvalue weighted by Crippen LogP contribution is -2.38. The summed E-state index contributed by atoms with van der Waals surface area (Å²) >= 11 is 5.13. The number of carbonyl (C=O) groups excluding carboxylic acids is 1. The molecule has 0 aliphatic rings. The van der Waals surface area contributed by atoms with Gasteiger partial charge in [0, 0.05) is 17.5 Å². The third-order valence-electron chi connectivity index (χ3n) is 1.92. The topological polar surface area (TPSA) is 32.3 Å². The van der Waals surface area contributed by atoms with Crippen LogP contribution in [0.2, 0.25) is 0 Å². The Morgan fingerprint density at radius 3 is 2.75 bits per heavy atom. The van der Waals surface area contributed by atoms with E-state index in [0.717, 1.165) is 10.3 Å². The Hall–Kier alpha value is -0.390. The molecule has 90 valence electrons. The van der Waals surface area contributed by atoms with E-state index in [1.165, 1.54) is 4.88 Å². The molecule has 1 aromatic rings. The molecule has 0 fully saturated rings. The summed E-state index contributed by atoms with van der Waals surface area (Å²) < 4.78 is 1.13. The molecule has 1 amide bonds. The fraction of sp³-hybridized carbons (Fsp3) is 0.545. The average Bonchev–Trinajstić information content (AvgIpc) is 2.48. The first-order valence-electron chi connectivity index (χ1n) is 5.19. The van der Waals surface area contributed by atoms with Gasteiger partial charge in [-0.05, 0) is 49.0 Å². The molecule has 16 heavy (non-hydrogen) atoms. The molecule has 1 heterocycles. The molecule has 0 saturated carbocycles. The number of carbonyl (C=O) groups is 1. The number of rotatable bonds is 5. The van der Waals surface area contributed by atoms with E-state index in [2.05, 4.69) is 27.3 Å². The monoisotopic (exact) mass is 304 g/mol. The highest BCUT2D eigenvalue weighted by atomic mass is 79.9. The maximum absolute atomic E-state index is 11.5. The van der Waals surface area contributed by atoms with E-state index in [4.69, 9.17) is 0 Å². The molecular formula is C11H17BrN2OS. The van der Waals surface area contributed by atoms with E-state index in [0.29, 0.717) is 6.54 Å². The van der Waals surface area contributed by atoms with Crippen LogP contribution in [-0.4, -0.2) is 30.4 Å². The van der Waals surface area contributed by atoms with Crippen LogP contribution in [-0.2, 0) is 11.3 Å². The zero-order valence-corrected chi connectivity index (χ0v) is 12.2. The third kappa shape index (κ3) is 5.09. The highest BCUT2D eigenvalue weighted by molar-refractivity contribution is 9.11. The predicted molar refractivity (Wildman–Crippen MR) is 71.6 cm³/mol. The molecule has 0 radical (unpaired) electrons. The summed E-state index contributed by atoms with van der Waals surface area (Å²) in [5.41, 5.74) is 0. The molecule has 0 saturated heterocycles. The summed E-state index contributed by atoms with van der Waals surface area (Å²) in [5, 5.41) is 2.88. The Labute approximate surface area is 109 Å². The van der Waals surface area contributed by atoms with E-state index in [1.54, 1.807) is 11.3 Å². The highest BCUT2D eigenvalue weighted by Crippen LogP contribution is 2.22. The Morgan fingerprint density at radius 1 is 1.56 bits per heavy atom. The average molecular weight is 305 g/mol. The number of likely N-dealkylation sites (N-methyl/N-ethyl adjacent to an activating group) is 1. The molecule has 1 aromatic heterocycles. The van der Waals surface area contributed by atoms with Gasteiger partial charge in [-0.25, -0.2) is 0 Å². The number of halogens is 1. The smallest absolute Gasteiger partial charge is 0.234 e. The highest BCUT2D eigenvalue weighted by Gasteiger charge is 2.08. The summed E-state index contributed by atoms with van der Waals surface area (Å²) in [5.74, 6) is 0.0770. The van der Waals surface area contributed by atoms with Crippen molar-refractivity contribution in [2.24, 2.45) is 0 Å². The number of hydrogen-bond acceptors (Lipinski definition) is 3. The van der Waals surface area contributed by atoms with Crippen molar-refractivity contribution < 1.29 is 4.79 Å². The normalized spacial score (nSPS) is 11.1. The predicted octanol–water partition coefficient (Wildman–Crippen LogP) is 2.47. The number of amides is 1. The van der Waals surface area contributed by atoms with E-state index >= 15 is 0 Å². The first-order valence-corrected chi connectivity index (χ1v) is 6.80. The van der Waals surface area contributed by atoms with Gasteiger partial charge in [0.05, 0.1) is 10.3 Å². The van der Waals surface area contributed by atoms with Gasteiger partial charge in [0.1, 0.15) is 0 Å². The Bertz CT molecular complexity index is 352. The Balaban J connectivity index is 2.35. The number of hydrogen-bond donors (Lipinski definition) is 1. The molecule has 0 atom stereocenters. The lowest BCUT2D eigenvalue weighted by Gasteiger charge is -2.16. The Kier molecular flexibility index (Phi) is 5.44. The molecule has 0 unspecified atom stereocenters. The largest absolute Gasteiger partial charge is 0.353 e. The van der Waals surface area contributed by atoms with Crippen molar-refractivity contribution in [2.45, 2.75) is 26.4 Å². The van der Waals surface area contributed by atoms with Gasteiger partial charge >= 0.3 is 0 Å². The molecule has 0 aromatic carbocycles. The van der Waals surface area contributed by atoms with Crippen LogP contribution in [0.5, 0.6) is 0 Å². The molecule has 0 spiro atoms. The summed E-state index contributed by atoms with van der Waals surface area (Å²) in [6, 6.07) is 4.31. The third-order valence-corrected chi connectivity index (χ3v) is 3.53. The molecule has 0 bridgehead atoms. The lowest BCUT2D eigenvalue weighted by molar-refractivity contribution is -0.122. The van der Waals surface area contributed by atoms with Crippen molar-refractivity contribution in [3.63, 3.8) is 0 Å². The van der Waals surface area contributed by atoms with Crippen LogP contribution in [0, 0.1) is 0 Å². The second-order valence-electron chi connectivity index (χ2n) is 4.10. The van der Waals surface area contributed by atoms with Crippen molar-refractivity contribution >= 4 is 33.2 Å². The summed E-state index contributed by atoms with van der Waals surface area (Å²) in [4.78, 5) is 14.8. The molecule has 1 N–H and O–H groups in total. The van der Waals surface area contributed by atoms with E-state index in [-0.39, 0.29) is 11.9 Å². The minimum absolute atomic E-state index is 0.0770. The van der Waals surface area contributed by atoms with Crippen LogP contribution >= 0.6 is 27.3 Å². The first-order chi connectivity index (χ1) is 7.47. The van der Waals surface area contributed by atoms with Gasteiger partial charge in [-0.15, -0.1) is 11.3 Å². The van der Waals surface area contributed by atoms with Crippen molar-refractivity contribution in [2.75, 3.05) is 13.6 Å². The molecular weight excluding hydrogens is 288 g/mol. The van der Waals surface area contributed by atoms with Crippen molar-refractivity contribution in [1.82, 2.24) is 10.2 Å². The van der Waals surface area contributed by atoms with E-state index in [9.17, 15) is 4.79 Å². The number of thiophene rings is 1. The zero-order valence-electron chi connectivity index (χ0n) is 9.79. The lowest BCUT2D eigenvalue weighted by atomic mass is 10.3. The first kappa shape index (κ1) is 13.7. The Morgan fingerprint density at radius 2 is 2.25 bits per heavy atom. The van der Waals surface area contributed by atoms with Crippen molar-refractivity contribution in [1.29, 1.82) is 0 Å². The number of nitrogens with one attached hydrogen (secondary N) is 1. The molecule has 3 nitrogen and oxygen atoms in total. The minimum Gasteiger partial charge on any atom is -0.353 e. The van der Waals surface area contributed by atoms with Gasteiger partial charge < -0.3 is 5.32 Å². The van der Waals surface area contributed by atoms with E-state index in [1.807, 2.05) is 31.9 Å². The van der Waals surface area contributed by atoms with Gasteiger partial charge in [-0.2, -0.15) is 0 Å². The molecule has 0 aliphatic carbocycles. The summed E-state index contributed by atoms with van der Waals surface area (Å²) in [6.07, 6.45) is 0. The standard InChI is InChI=1S/C11H17BrN2OS/c1-8(2)13-11(15)7-14(3)6-9-4-5-10(12)16-9/h4-5,8H,6-7H2,1-3H3,(H,13,15). The van der Waals surface area contributed by atoms with Crippen molar-refractivity contribution in [3.05, 3.63) is 20.8 Å². The quantitative estimate of drug-likeness (QED) is 0.906. The van der Waals surface area contributed by atoms with Crippen LogP contribution in [0.25, 0.3) is 0 Å². The van der Waals surface area contributed by atoms with Gasteiger partial charge in [0.2, 0.25) is 5.91 Å². The van der Waals surface area contributed by atoms with Gasteiger partial charge in [-0.1, -0.05) is 0 Å². The van der Waals surface area contributed by atoms with Gasteiger partial charge in [0.15, 0.2) is 0 Å². The zero-order chi connectivity index (χ0) is 12.1. The van der Waals surface area contributed by atoms with Crippen LogP contribution in [0.3, 0.4) is 0 Å². The minimum atomic E-state index is 0.0770. The second-order valence-corrected chi connectivity index (χ2v) is 6.65. The van der Waals surface area contributed by atoms with Crippen LogP contribution in [0.15, 0.2) is 15.9 Å². The maximum atomic E-state index is 11.5. The van der Waals surface area contributed by atoms with Gasteiger partial charge in [-0.3, -0.25) is 9.69 Å². The molecule has 0 aliphatic heterocycles. The summed E-state index contributed by atoms with van der Waals surface area (Å²) in [6.45, 7) is 5.18. The van der Waals surface area contributed by atoms with Gasteiger partial charge in [0.25, 0.3) is 0 Å². The van der Waals surface area contributed by atoms with Crippen LogP contribution in [0.1, 0.15) is 18.7 Å². The summed E-state index contributed by atoms with van der Waals surface area (Å²) in [7, 11) is 1.95. The molecule has 5 heteroatoms. The van der Waals surface area contributed by atoms with Crippen molar-refractivity contribution in [3.8, 4) is 0 Å². The SMILES string of the molecule is CC(C)NC(=O)CN(C)Cc1ccc(Br)s1. The van der Waals surface area contributed by atoms with Crippen LogP contribution < -0.4 is 5.32 Å². The second kappa shape index (κ2) is 6.37. The number of nitrogens with zero attached hydrogens (tertiary/aromatic N) is 1. The maximum Gasteiger partial charge on any atom is 0.234 e. The molecule has 1 rings (SSSR count). The van der Waals surface area contributed by atoms with E-state index < -0.39 is 0 Å².